The van der Waals surface area contributed by atoms with E-state index in [9.17, 15) is 4.79 Å². The number of likely N-dealkylation sites (tertiary alicyclic amines) is 1. The molecule has 0 saturated carbocycles. The fourth-order valence-corrected chi connectivity index (χ4v) is 3.54. The van der Waals surface area contributed by atoms with E-state index in [2.05, 4.69) is 23.2 Å². The molecule has 1 aromatic heterocycles. The van der Waals surface area contributed by atoms with Crippen molar-refractivity contribution in [2.75, 3.05) is 18.8 Å². The Balaban J connectivity index is 1.72. The lowest BCUT2D eigenvalue weighted by Gasteiger charge is -2.26. The molecule has 1 fully saturated rings. The van der Waals surface area contributed by atoms with E-state index >= 15 is 0 Å². The molecule has 1 aliphatic rings. The first-order chi connectivity index (χ1) is 10.2. The predicted molar refractivity (Wildman–Crippen MR) is 85.4 cm³/mol. The van der Waals surface area contributed by atoms with Crippen LogP contribution < -0.4 is 0 Å². The fourth-order valence-electron chi connectivity index (χ4n) is 2.64. The fraction of sp³-hybridized carbons (Fsp3) is 0.438. The Kier molecular flexibility index (Phi) is 4.39. The molecule has 0 aliphatic carbocycles. The summed E-state index contributed by atoms with van der Waals surface area (Å²) < 4.78 is 0. The number of hydrogen-bond donors (Lipinski definition) is 0. The summed E-state index contributed by atoms with van der Waals surface area (Å²) in [7, 11) is 0. The lowest BCUT2D eigenvalue weighted by atomic mass is 10.1. The van der Waals surface area contributed by atoms with Crippen molar-refractivity contribution < 1.29 is 4.79 Å². The van der Waals surface area contributed by atoms with E-state index in [0.29, 0.717) is 5.75 Å². The molecule has 0 bridgehead atoms. The van der Waals surface area contributed by atoms with Gasteiger partial charge in [0.25, 0.3) is 0 Å². The van der Waals surface area contributed by atoms with Crippen LogP contribution in [0.25, 0.3) is 10.9 Å². The van der Waals surface area contributed by atoms with Gasteiger partial charge in [0.15, 0.2) is 0 Å². The quantitative estimate of drug-likeness (QED) is 0.818. The average Bonchev–Trinajstić information content (AvgIpc) is 2.53. The third-order valence-electron chi connectivity index (χ3n) is 3.82. The van der Waals surface area contributed by atoms with Crippen LogP contribution >= 0.6 is 11.8 Å². The molecule has 0 N–H and O–H groups in total. The molecule has 0 unspecified atom stereocenters. The number of thioether (sulfide) groups is 1. The second-order valence-corrected chi connectivity index (χ2v) is 6.48. The van der Waals surface area contributed by atoms with Crippen LogP contribution in [-0.4, -0.2) is 39.8 Å². The number of aromatic nitrogens is 2. The maximum Gasteiger partial charge on any atom is 0.232 e. The van der Waals surface area contributed by atoms with Gasteiger partial charge in [-0.15, -0.1) is 11.8 Å². The summed E-state index contributed by atoms with van der Waals surface area (Å²) in [6.07, 6.45) is 5.27. The monoisotopic (exact) mass is 301 g/mol. The molecule has 0 atom stereocenters. The molecule has 0 radical (unpaired) electrons. The van der Waals surface area contributed by atoms with Gasteiger partial charge < -0.3 is 4.90 Å². The Bertz CT molecular complexity index is 653. The molecule has 1 saturated heterocycles. The summed E-state index contributed by atoms with van der Waals surface area (Å²) in [5.41, 5.74) is 2.08. The first-order valence-electron chi connectivity index (χ1n) is 7.37. The minimum absolute atomic E-state index is 0.234. The van der Waals surface area contributed by atoms with Gasteiger partial charge in [0, 0.05) is 23.4 Å². The smallest absolute Gasteiger partial charge is 0.232 e. The number of carbonyl (C=O) groups excluding carboxylic acids is 1. The molecule has 0 spiro atoms. The molecule has 1 amide bonds. The predicted octanol–water partition coefficient (Wildman–Crippen LogP) is 3.04. The van der Waals surface area contributed by atoms with Gasteiger partial charge in [-0.1, -0.05) is 11.6 Å². The maximum absolute atomic E-state index is 12.2. The first kappa shape index (κ1) is 14.3. The van der Waals surface area contributed by atoms with E-state index in [0.717, 1.165) is 41.7 Å². The van der Waals surface area contributed by atoms with Crippen molar-refractivity contribution in [2.24, 2.45) is 0 Å². The highest BCUT2D eigenvalue weighted by molar-refractivity contribution is 8.00. The molecule has 4 nitrogen and oxygen atoms in total. The van der Waals surface area contributed by atoms with Gasteiger partial charge in [-0.25, -0.2) is 0 Å². The minimum Gasteiger partial charge on any atom is -0.342 e. The largest absolute Gasteiger partial charge is 0.342 e. The summed E-state index contributed by atoms with van der Waals surface area (Å²) >= 11 is 1.57. The molecular weight excluding hydrogens is 282 g/mol. The zero-order valence-corrected chi connectivity index (χ0v) is 13.0. The van der Waals surface area contributed by atoms with Crippen LogP contribution in [0.2, 0.25) is 0 Å². The van der Waals surface area contributed by atoms with Crippen LogP contribution in [0.4, 0.5) is 0 Å². The molecule has 5 heteroatoms. The number of fused-ring (bicyclic) bond motifs is 1. The highest BCUT2D eigenvalue weighted by Gasteiger charge is 2.17. The molecule has 1 aliphatic heterocycles. The summed E-state index contributed by atoms with van der Waals surface area (Å²) in [6.45, 7) is 3.88. The van der Waals surface area contributed by atoms with Crippen LogP contribution in [0.5, 0.6) is 0 Å². The van der Waals surface area contributed by atoms with E-state index in [1.807, 2.05) is 17.0 Å². The SMILES string of the molecule is Cc1ccc2nncc(SCC(=O)N3CCCCC3)c2c1. The Morgan fingerprint density at radius 2 is 2.10 bits per heavy atom. The van der Waals surface area contributed by atoms with Gasteiger partial charge in [0.1, 0.15) is 0 Å². The standard InChI is InChI=1S/C16H19N3OS/c1-12-5-6-14-13(9-12)15(10-17-18-14)21-11-16(20)19-7-3-2-4-8-19/h5-6,9-10H,2-4,7-8,11H2,1H3. The van der Waals surface area contributed by atoms with Crippen molar-refractivity contribution in [3.05, 3.63) is 30.0 Å². The number of benzene rings is 1. The summed E-state index contributed by atoms with van der Waals surface area (Å²) in [6, 6.07) is 6.12. The van der Waals surface area contributed by atoms with Gasteiger partial charge in [-0.05, 0) is 38.3 Å². The third kappa shape index (κ3) is 3.35. The van der Waals surface area contributed by atoms with Crippen molar-refractivity contribution in [1.82, 2.24) is 15.1 Å². The first-order valence-corrected chi connectivity index (χ1v) is 8.35. The third-order valence-corrected chi connectivity index (χ3v) is 4.85. The number of aryl methyl sites for hydroxylation is 1. The van der Waals surface area contributed by atoms with Crippen LogP contribution in [0, 0.1) is 6.92 Å². The molecule has 3 rings (SSSR count). The molecule has 110 valence electrons. The number of carbonyl (C=O) groups is 1. The zero-order chi connectivity index (χ0) is 14.7. The second kappa shape index (κ2) is 6.43. The van der Waals surface area contributed by atoms with Gasteiger partial charge in [0.05, 0.1) is 17.5 Å². The van der Waals surface area contributed by atoms with Crippen molar-refractivity contribution >= 4 is 28.6 Å². The highest BCUT2D eigenvalue weighted by Crippen LogP contribution is 2.27. The van der Waals surface area contributed by atoms with Crippen LogP contribution in [0.1, 0.15) is 24.8 Å². The van der Waals surface area contributed by atoms with Gasteiger partial charge in [0.2, 0.25) is 5.91 Å². The van der Waals surface area contributed by atoms with E-state index in [1.165, 1.54) is 12.0 Å². The van der Waals surface area contributed by atoms with E-state index in [-0.39, 0.29) is 5.91 Å². The van der Waals surface area contributed by atoms with Gasteiger partial charge >= 0.3 is 0 Å². The van der Waals surface area contributed by atoms with Crippen LogP contribution in [-0.2, 0) is 4.79 Å². The average molecular weight is 301 g/mol. The van der Waals surface area contributed by atoms with Crippen LogP contribution in [0.3, 0.4) is 0 Å². The Hall–Kier alpha value is -1.62. The van der Waals surface area contributed by atoms with E-state index in [4.69, 9.17) is 0 Å². The second-order valence-electron chi connectivity index (χ2n) is 5.46. The minimum atomic E-state index is 0.234. The number of nitrogens with zero attached hydrogens (tertiary/aromatic N) is 3. The van der Waals surface area contributed by atoms with Crippen molar-refractivity contribution in [3.8, 4) is 0 Å². The summed E-state index contributed by atoms with van der Waals surface area (Å²) in [5.74, 6) is 0.715. The Labute approximate surface area is 128 Å². The topological polar surface area (TPSA) is 46.1 Å². The van der Waals surface area contributed by atoms with Crippen molar-refractivity contribution in [1.29, 1.82) is 0 Å². The zero-order valence-electron chi connectivity index (χ0n) is 12.2. The molecular formula is C16H19N3OS. The normalized spacial score (nSPS) is 15.4. The summed E-state index contributed by atoms with van der Waals surface area (Å²) in [5, 5.41) is 9.26. The van der Waals surface area contributed by atoms with E-state index < -0.39 is 0 Å². The summed E-state index contributed by atoms with van der Waals surface area (Å²) in [4.78, 5) is 15.3. The van der Waals surface area contributed by atoms with Crippen molar-refractivity contribution in [2.45, 2.75) is 31.1 Å². The number of amides is 1. The van der Waals surface area contributed by atoms with Crippen molar-refractivity contribution in [3.63, 3.8) is 0 Å². The van der Waals surface area contributed by atoms with E-state index in [1.54, 1.807) is 18.0 Å². The Morgan fingerprint density at radius 3 is 2.90 bits per heavy atom. The van der Waals surface area contributed by atoms with Crippen LogP contribution in [0.15, 0.2) is 29.3 Å². The van der Waals surface area contributed by atoms with Gasteiger partial charge in [-0.2, -0.15) is 10.2 Å². The molecule has 21 heavy (non-hydrogen) atoms. The number of piperidine rings is 1. The lowest BCUT2D eigenvalue weighted by molar-refractivity contribution is -0.129. The lowest BCUT2D eigenvalue weighted by Crippen LogP contribution is -2.36. The number of hydrogen-bond acceptors (Lipinski definition) is 4. The highest BCUT2D eigenvalue weighted by atomic mass is 32.2. The molecule has 2 aromatic rings. The molecule has 2 heterocycles. The maximum atomic E-state index is 12.2. The number of rotatable bonds is 3. The van der Waals surface area contributed by atoms with Gasteiger partial charge in [-0.3, -0.25) is 4.79 Å². The molecule has 1 aromatic carbocycles. The Morgan fingerprint density at radius 1 is 1.29 bits per heavy atom.